The molecule has 10 heteroatoms. The quantitative estimate of drug-likeness (QED) is 0.292. The van der Waals surface area contributed by atoms with E-state index in [1.165, 1.54) is 18.5 Å². The lowest BCUT2D eigenvalue weighted by Gasteiger charge is -2.17. The van der Waals surface area contributed by atoms with Crippen LogP contribution in [0.4, 0.5) is 13.2 Å². The van der Waals surface area contributed by atoms with Crippen LogP contribution in [0, 0.1) is 17.5 Å². The van der Waals surface area contributed by atoms with E-state index in [4.69, 9.17) is 4.74 Å². The van der Waals surface area contributed by atoms with Gasteiger partial charge < -0.3 is 4.74 Å². The summed E-state index contributed by atoms with van der Waals surface area (Å²) in [5.41, 5.74) is 1.89. The number of hydrogen-bond donors (Lipinski definition) is 0. The van der Waals surface area contributed by atoms with E-state index in [1.807, 2.05) is 12.1 Å². The normalized spacial score (nSPS) is 11.7. The van der Waals surface area contributed by atoms with E-state index < -0.39 is 23.0 Å². The van der Waals surface area contributed by atoms with E-state index in [0.717, 1.165) is 27.9 Å². The minimum atomic E-state index is -1.58. The Kier molecular flexibility index (Phi) is 6.77. The second-order valence-corrected chi connectivity index (χ2v) is 7.37. The van der Waals surface area contributed by atoms with E-state index in [2.05, 4.69) is 15.1 Å². The Morgan fingerprint density at radius 2 is 1.71 bits per heavy atom. The van der Waals surface area contributed by atoms with Crippen molar-refractivity contribution in [2.75, 3.05) is 6.61 Å². The highest BCUT2D eigenvalue weighted by atomic mass is 19.2. The average Bonchev–Trinajstić information content (AvgIpc) is 2.85. The lowest BCUT2D eigenvalue weighted by atomic mass is 9.93. The van der Waals surface area contributed by atoms with Crippen LogP contribution in [0.15, 0.2) is 72.0 Å². The molecule has 7 nitrogen and oxygen atoms in total. The number of hydrogen-bond acceptors (Lipinski definition) is 6. The standard InChI is InChI=1S/C24H17F3N4O3/c25-20-7-17(8-21(26)24(20)27)22-4-5-23(33)31(30-22)11-15-2-1-3-16(6-15)19(12-34-14-32)18-9-28-13-29-10-18/h1-10,13-14,19H,11-12H2. The van der Waals surface area contributed by atoms with E-state index >= 15 is 0 Å². The largest absolute Gasteiger partial charge is 0.467 e. The monoisotopic (exact) mass is 466 g/mol. The van der Waals surface area contributed by atoms with Crippen LogP contribution in [-0.2, 0) is 16.1 Å². The van der Waals surface area contributed by atoms with Crippen LogP contribution < -0.4 is 5.56 Å². The van der Waals surface area contributed by atoms with E-state index in [-0.39, 0.29) is 30.3 Å². The first kappa shape index (κ1) is 22.8. The Bertz CT molecular complexity index is 1360. The Labute approximate surface area is 191 Å². The summed E-state index contributed by atoms with van der Waals surface area (Å²) in [4.78, 5) is 31.2. The molecule has 0 fully saturated rings. The maximum atomic E-state index is 13.6. The molecule has 34 heavy (non-hydrogen) atoms. The smallest absolute Gasteiger partial charge is 0.293 e. The summed E-state index contributed by atoms with van der Waals surface area (Å²) in [6, 6.07) is 11.4. The molecule has 0 saturated carbocycles. The molecule has 0 aliphatic rings. The van der Waals surface area contributed by atoms with Gasteiger partial charge in [-0.05, 0) is 34.9 Å². The zero-order chi connectivity index (χ0) is 24.1. The van der Waals surface area contributed by atoms with E-state index in [9.17, 15) is 22.8 Å². The van der Waals surface area contributed by atoms with Crippen molar-refractivity contribution in [3.05, 3.63) is 112 Å². The van der Waals surface area contributed by atoms with Crippen molar-refractivity contribution < 1.29 is 22.7 Å². The summed E-state index contributed by atoms with van der Waals surface area (Å²) in [5.74, 6) is -4.62. The molecule has 0 N–H and O–H groups in total. The van der Waals surface area contributed by atoms with Crippen LogP contribution in [0.5, 0.6) is 0 Å². The maximum absolute atomic E-state index is 13.6. The summed E-state index contributed by atoms with van der Waals surface area (Å²) in [6.07, 6.45) is 4.63. The highest BCUT2D eigenvalue weighted by molar-refractivity contribution is 5.58. The fourth-order valence-corrected chi connectivity index (χ4v) is 3.51. The summed E-state index contributed by atoms with van der Waals surface area (Å²) in [6.45, 7) is 0.478. The highest BCUT2D eigenvalue weighted by Crippen LogP contribution is 2.25. The van der Waals surface area contributed by atoms with Gasteiger partial charge in [0.2, 0.25) is 0 Å². The number of halogens is 3. The molecule has 172 valence electrons. The van der Waals surface area contributed by atoms with E-state index in [1.54, 1.807) is 24.5 Å². The molecule has 0 saturated heterocycles. The van der Waals surface area contributed by atoms with Gasteiger partial charge in [0.1, 0.15) is 12.9 Å². The molecule has 0 spiro atoms. The molecule has 0 radical (unpaired) electrons. The molecule has 0 amide bonds. The van der Waals surface area contributed by atoms with Crippen molar-refractivity contribution >= 4 is 6.47 Å². The number of carbonyl (C=O) groups is 1. The number of nitrogens with zero attached hydrogens (tertiary/aromatic N) is 4. The first-order chi connectivity index (χ1) is 16.5. The van der Waals surface area contributed by atoms with Gasteiger partial charge in [-0.1, -0.05) is 24.3 Å². The Hall–Kier alpha value is -4.34. The number of aromatic nitrogens is 4. The van der Waals surface area contributed by atoms with Crippen molar-refractivity contribution in [3.63, 3.8) is 0 Å². The molecule has 4 rings (SSSR count). The Morgan fingerprint density at radius 1 is 0.971 bits per heavy atom. The van der Waals surface area contributed by atoms with Gasteiger partial charge in [0.05, 0.1) is 12.2 Å². The third kappa shape index (κ3) is 5.01. The molecule has 1 unspecified atom stereocenters. The average molecular weight is 466 g/mol. The van der Waals surface area contributed by atoms with Crippen LogP contribution in [-0.4, -0.2) is 32.8 Å². The molecule has 0 aliphatic carbocycles. The van der Waals surface area contributed by atoms with Gasteiger partial charge in [-0.25, -0.2) is 27.8 Å². The SMILES string of the molecule is O=COCC(c1cncnc1)c1cccc(Cn2nc(-c3cc(F)c(F)c(F)c3)ccc2=O)c1. The van der Waals surface area contributed by atoms with Crippen LogP contribution in [0.2, 0.25) is 0 Å². The van der Waals surface area contributed by atoms with Crippen molar-refractivity contribution in [2.45, 2.75) is 12.5 Å². The molecule has 4 aromatic rings. The van der Waals surface area contributed by atoms with Crippen molar-refractivity contribution in [1.29, 1.82) is 0 Å². The number of rotatable bonds is 8. The van der Waals surface area contributed by atoms with Gasteiger partial charge in [0, 0.05) is 29.9 Å². The Morgan fingerprint density at radius 3 is 2.41 bits per heavy atom. The van der Waals surface area contributed by atoms with Gasteiger partial charge in [-0.15, -0.1) is 0 Å². The van der Waals surface area contributed by atoms with Crippen LogP contribution in [0.25, 0.3) is 11.3 Å². The number of benzene rings is 2. The molecular weight excluding hydrogens is 449 g/mol. The summed E-state index contributed by atoms with van der Waals surface area (Å²) in [5, 5.41) is 4.19. The second-order valence-electron chi connectivity index (χ2n) is 7.37. The predicted molar refractivity (Wildman–Crippen MR) is 115 cm³/mol. The molecule has 0 bridgehead atoms. The van der Waals surface area contributed by atoms with Gasteiger partial charge in [0.15, 0.2) is 17.5 Å². The van der Waals surface area contributed by atoms with Crippen molar-refractivity contribution in [2.24, 2.45) is 0 Å². The minimum absolute atomic E-state index is 0.00551. The lowest BCUT2D eigenvalue weighted by molar-refractivity contribution is -0.128. The van der Waals surface area contributed by atoms with Gasteiger partial charge in [-0.2, -0.15) is 5.10 Å². The number of ether oxygens (including phenoxy) is 1. The third-order valence-corrected chi connectivity index (χ3v) is 5.15. The van der Waals surface area contributed by atoms with Crippen molar-refractivity contribution in [1.82, 2.24) is 19.7 Å². The zero-order valence-corrected chi connectivity index (χ0v) is 17.6. The fourth-order valence-electron chi connectivity index (χ4n) is 3.51. The second kappa shape index (κ2) is 10.1. The molecule has 2 heterocycles. The summed E-state index contributed by atoms with van der Waals surface area (Å²) >= 11 is 0. The minimum Gasteiger partial charge on any atom is -0.467 e. The fraction of sp³-hybridized carbons (Fsp3) is 0.125. The van der Waals surface area contributed by atoms with Gasteiger partial charge in [-0.3, -0.25) is 9.59 Å². The Balaban J connectivity index is 1.66. The molecule has 2 aromatic carbocycles. The van der Waals surface area contributed by atoms with Crippen LogP contribution in [0.1, 0.15) is 22.6 Å². The predicted octanol–water partition coefficient (Wildman–Crippen LogP) is 3.47. The number of carbonyl (C=O) groups excluding carboxylic acids is 1. The molecule has 0 aliphatic heterocycles. The summed E-state index contributed by atoms with van der Waals surface area (Å²) < 4.78 is 46.7. The van der Waals surface area contributed by atoms with E-state index in [0.29, 0.717) is 12.0 Å². The lowest BCUT2D eigenvalue weighted by Crippen LogP contribution is -2.23. The maximum Gasteiger partial charge on any atom is 0.293 e. The van der Waals surface area contributed by atoms with Gasteiger partial charge in [0.25, 0.3) is 12.0 Å². The van der Waals surface area contributed by atoms with Crippen LogP contribution >= 0.6 is 0 Å². The molecule has 2 aromatic heterocycles. The topological polar surface area (TPSA) is 87.0 Å². The van der Waals surface area contributed by atoms with Crippen LogP contribution in [0.3, 0.4) is 0 Å². The zero-order valence-electron chi connectivity index (χ0n) is 17.6. The first-order valence-corrected chi connectivity index (χ1v) is 10.1. The molecular formula is C24H17F3N4O3. The van der Waals surface area contributed by atoms with Gasteiger partial charge >= 0.3 is 0 Å². The third-order valence-electron chi connectivity index (χ3n) is 5.15. The van der Waals surface area contributed by atoms with Crippen molar-refractivity contribution in [3.8, 4) is 11.3 Å². The summed E-state index contributed by atoms with van der Waals surface area (Å²) in [7, 11) is 0. The highest BCUT2D eigenvalue weighted by Gasteiger charge is 2.17. The first-order valence-electron chi connectivity index (χ1n) is 10.1. The molecule has 1 atom stereocenters.